The largest absolute Gasteiger partial charge is 0.493 e. The molecule has 0 radical (unpaired) electrons. The van der Waals surface area contributed by atoms with Crippen molar-refractivity contribution in [3.05, 3.63) is 29.3 Å². The van der Waals surface area contributed by atoms with Crippen LogP contribution in [0.3, 0.4) is 0 Å². The number of rotatable bonds is 5. The molecule has 1 aliphatic rings. The molecular formula is C17H20F5NO4. The van der Waals surface area contributed by atoms with Crippen molar-refractivity contribution in [3.8, 4) is 5.75 Å². The van der Waals surface area contributed by atoms with Gasteiger partial charge in [0.25, 0.3) is 0 Å². The van der Waals surface area contributed by atoms with Gasteiger partial charge in [-0.15, -0.1) is 0 Å². The maximum absolute atomic E-state index is 14.2. The molecule has 4 atom stereocenters. The zero-order valence-corrected chi connectivity index (χ0v) is 15.1. The number of methoxy groups -OCH3 is 2. The van der Waals surface area contributed by atoms with Gasteiger partial charge in [-0.3, -0.25) is 5.41 Å². The van der Waals surface area contributed by atoms with Crippen molar-refractivity contribution in [2.24, 2.45) is 0 Å². The van der Waals surface area contributed by atoms with Crippen LogP contribution >= 0.6 is 0 Å². The fourth-order valence-electron chi connectivity index (χ4n) is 3.25. The number of hydrogen-bond acceptors (Lipinski definition) is 5. The molecule has 0 saturated carbocycles. The van der Waals surface area contributed by atoms with Gasteiger partial charge < -0.3 is 18.9 Å². The van der Waals surface area contributed by atoms with E-state index in [0.29, 0.717) is 0 Å². The molecule has 0 unspecified atom stereocenters. The van der Waals surface area contributed by atoms with E-state index in [9.17, 15) is 22.0 Å². The summed E-state index contributed by atoms with van der Waals surface area (Å²) in [6.07, 6.45) is -8.06. The van der Waals surface area contributed by atoms with Gasteiger partial charge in [0.2, 0.25) is 11.7 Å². The highest BCUT2D eigenvalue weighted by molar-refractivity contribution is 5.80. The van der Waals surface area contributed by atoms with E-state index < -0.39 is 53.2 Å². The standard InChI is InChI=1S/C17H20F5NO4/c1-5-26-14-10(8-6-7-9(18)11(19)12(8)24-3)13(15(23)25-4)27-16(14,2)17(20,21)22/h6-7,10,13-14,23H,5H2,1-4H3/t10-,13+,14-,16+/m0/s1. The van der Waals surface area contributed by atoms with E-state index in [0.717, 1.165) is 33.3 Å². The van der Waals surface area contributed by atoms with Crippen LogP contribution in [0.5, 0.6) is 5.75 Å². The number of nitrogens with one attached hydrogen (secondary N) is 1. The Bertz CT molecular complexity index is 711. The van der Waals surface area contributed by atoms with Crippen LogP contribution in [0.1, 0.15) is 25.3 Å². The Labute approximate surface area is 152 Å². The number of alkyl halides is 3. The molecule has 5 nitrogen and oxygen atoms in total. The van der Waals surface area contributed by atoms with Crippen LogP contribution < -0.4 is 4.74 Å². The van der Waals surface area contributed by atoms with E-state index in [4.69, 9.17) is 24.4 Å². The van der Waals surface area contributed by atoms with E-state index in [1.165, 1.54) is 6.92 Å². The van der Waals surface area contributed by atoms with Gasteiger partial charge in [-0.25, -0.2) is 4.39 Å². The third-order valence-electron chi connectivity index (χ3n) is 4.60. The Balaban J connectivity index is 2.72. The lowest BCUT2D eigenvalue weighted by molar-refractivity contribution is -0.284. The summed E-state index contributed by atoms with van der Waals surface area (Å²) in [5, 5.41) is 7.86. The molecule has 1 saturated heterocycles. The van der Waals surface area contributed by atoms with Gasteiger partial charge in [-0.05, 0) is 19.9 Å². The van der Waals surface area contributed by atoms with E-state index in [1.807, 2.05) is 0 Å². The summed E-state index contributed by atoms with van der Waals surface area (Å²) >= 11 is 0. The fraction of sp³-hybridized carbons (Fsp3) is 0.588. The Kier molecular flexibility index (Phi) is 6.00. The van der Waals surface area contributed by atoms with Crippen LogP contribution in [0.25, 0.3) is 0 Å². The van der Waals surface area contributed by atoms with Crippen molar-refractivity contribution in [2.75, 3.05) is 20.8 Å². The number of hydrogen-bond donors (Lipinski definition) is 1. The predicted octanol–water partition coefficient (Wildman–Crippen LogP) is 3.81. The lowest BCUT2D eigenvalue weighted by Gasteiger charge is -2.33. The van der Waals surface area contributed by atoms with Crippen molar-refractivity contribution in [2.45, 2.75) is 43.8 Å². The molecule has 1 fully saturated rings. The minimum atomic E-state index is -4.86. The fourth-order valence-corrected chi connectivity index (χ4v) is 3.25. The number of benzene rings is 1. The average molecular weight is 397 g/mol. The molecule has 0 spiro atoms. The van der Waals surface area contributed by atoms with Gasteiger partial charge in [-0.1, -0.05) is 6.07 Å². The quantitative estimate of drug-likeness (QED) is 0.466. The molecule has 27 heavy (non-hydrogen) atoms. The minimum Gasteiger partial charge on any atom is -0.493 e. The molecule has 1 N–H and O–H groups in total. The van der Waals surface area contributed by atoms with Crippen LogP contribution in [0, 0.1) is 17.0 Å². The van der Waals surface area contributed by atoms with Crippen LogP contribution in [-0.2, 0) is 14.2 Å². The van der Waals surface area contributed by atoms with Gasteiger partial charge >= 0.3 is 6.18 Å². The van der Waals surface area contributed by atoms with Gasteiger partial charge in [-0.2, -0.15) is 17.6 Å². The van der Waals surface area contributed by atoms with Crippen molar-refractivity contribution < 1.29 is 40.9 Å². The van der Waals surface area contributed by atoms with E-state index in [-0.39, 0.29) is 12.2 Å². The SMILES string of the molecule is CCO[C@H]1[C@@H](c2ccc(F)c(F)c2OC)[C@H](C(=N)OC)O[C@@]1(C)C(F)(F)F. The monoisotopic (exact) mass is 397 g/mol. The van der Waals surface area contributed by atoms with Crippen molar-refractivity contribution in [3.63, 3.8) is 0 Å². The van der Waals surface area contributed by atoms with Gasteiger partial charge in [0.1, 0.15) is 12.2 Å². The Hall–Kier alpha value is -1.94. The average Bonchev–Trinajstić information content (AvgIpc) is 2.91. The molecule has 0 bridgehead atoms. The first-order valence-corrected chi connectivity index (χ1v) is 8.03. The third kappa shape index (κ3) is 3.47. The molecular weight excluding hydrogens is 377 g/mol. The summed E-state index contributed by atoms with van der Waals surface area (Å²) in [6.45, 7) is 2.18. The van der Waals surface area contributed by atoms with Crippen molar-refractivity contribution >= 4 is 5.90 Å². The summed E-state index contributed by atoms with van der Waals surface area (Å²) in [5.41, 5.74) is -2.92. The minimum absolute atomic E-state index is 0.102. The molecule has 152 valence electrons. The van der Waals surface area contributed by atoms with Crippen LogP contribution in [0.4, 0.5) is 22.0 Å². The number of halogens is 5. The zero-order chi connectivity index (χ0) is 20.6. The molecule has 1 aromatic carbocycles. The smallest absolute Gasteiger partial charge is 0.419 e. The van der Waals surface area contributed by atoms with E-state index in [2.05, 4.69) is 0 Å². The third-order valence-corrected chi connectivity index (χ3v) is 4.60. The van der Waals surface area contributed by atoms with Crippen LogP contribution in [0.2, 0.25) is 0 Å². The molecule has 0 aliphatic carbocycles. The second kappa shape index (κ2) is 7.59. The summed E-state index contributed by atoms with van der Waals surface area (Å²) in [4.78, 5) is 0. The highest BCUT2D eigenvalue weighted by Gasteiger charge is 2.68. The Morgan fingerprint density at radius 3 is 2.37 bits per heavy atom. The zero-order valence-electron chi connectivity index (χ0n) is 15.1. The second-order valence-corrected chi connectivity index (χ2v) is 6.10. The molecule has 1 heterocycles. The first-order valence-electron chi connectivity index (χ1n) is 8.03. The molecule has 10 heteroatoms. The van der Waals surface area contributed by atoms with Crippen molar-refractivity contribution in [1.29, 1.82) is 5.41 Å². The van der Waals surface area contributed by atoms with Crippen LogP contribution in [-0.4, -0.2) is 50.7 Å². The topological polar surface area (TPSA) is 60.8 Å². The van der Waals surface area contributed by atoms with Gasteiger partial charge in [0, 0.05) is 12.2 Å². The maximum atomic E-state index is 14.2. The first kappa shape index (κ1) is 21.4. The Morgan fingerprint density at radius 2 is 1.89 bits per heavy atom. The van der Waals surface area contributed by atoms with Crippen LogP contribution in [0.15, 0.2) is 12.1 Å². The highest BCUT2D eigenvalue weighted by Crippen LogP contribution is 2.52. The normalized spacial score (nSPS) is 28.3. The first-order chi connectivity index (χ1) is 12.5. The molecule has 2 rings (SSSR count). The summed E-state index contributed by atoms with van der Waals surface area (Å²) in [7, 11) is 2.16. The van der Waals surface area contributed by atoms with Gasteiger partial charge in [0.05, 0.1) is 20.1 Å². The van der Waals surface area contributed by atoms with E-state index >= 15 is 0 Å². The molecule has 1 aliphatic heterocycles. The highest BCUT2D eigenvalue weighted by atomic mass is 19.4. The lowest BCUT2D eigenvalue weighted by atomic mass is 9.83. The lowest BCUT2D eigenvalue weighted by Crippen LogP contribution is -2.52. The van der Waals surface area contributed by atoms with Crippen molar-refractivity contribution in [1.82, 2.24) is 0 Å². The molecule has 0 aromatic heterocycles. The second-order valence-electron chi connectivity index (χ2n) is 6.10. The predicted molar refractivity (Wildman–Crippen MR) is 85.1 cm³/mol. The summed E-state index contributed by atoms with van der Waals surface area (Å²) < 4.78 is 89.3. The summed E-state index contributed by atoms with van der Waals surface area (Å²) in [6, 6.07) is 1.86. The Morgan fingerprint density at radius 1 is 1.26 bits per heavy atom. The maximum Gasteiger partial charge on any atom is 0.419 e. The van der Waals surface area contributed by atoms with E-state index in [1.54, 1.807) is 0 Å². The number of ether oxygens (including phenoxy) is 4. The molecule has 0 amide bonds. The summed E-state index contributed by atoms with van der Waals surface area (Å²) in [5.74, 6) is -5.08. The molecule has 1 aromatic rings. The van der Waals surface area contributed by atoms with Gasteiger partial charge in [0.15, 0.2) is 17.2 Å².